The second-order valence-corrected chi connectivity index (χ2v) is 12.4. The molecule has 2 N–H and O–H groups in total. The standard InChI is InChI=1S/C29H27ClN4O3S2/c1-3-34(39(36,37)23-8-4-19(2)5-9-23)22-7-11-27-20(16-22)17-28(38-27)29(35)33-15-14-32-25-12-13-31-26-18-21(30)6-10-24(25)26/h4-13,16-18H,3,14-15H2,1-2H3,(H,31,32)(H,33,35). The number of nitrogens with zero attached hydrogens (tertiary/aromatic N) is 2. The first-order chi connectivity index (χ1) is 18.8. The third kappa shape index (κ3) is 5.71. The van der Waals surface area contributed by atoms with E-state index in [9.17, 15) is 13.2 Å². The fourth-order valence-electron chi connectivity index (χ4n) is 4.36. The third-order valence-electron chi connectivity index (χ3n) is 6.34. The van der Waals surface area contributed by atoms with Crippen molar-refractivity contribution >= 4 is 71.2 Å². The normalized spacial score (nSPS) is 11.6. The smallest absolute Gasteiger partial charge is 0.264 e. The predicted molar refractivity (Wildman–Crippen MR) is 161 cm³/mol. The maximum Gasteiger partial charge on any atom is 0.264 e. The summed E-state index contributed by atoms with van der Waals surface area (Å²) in [5.74, 6) is -0.175. The van der Waals surface area contributed by atoms with Crippen molar-refractivity contribution in [3.8, 4) is 0 Å². The van der Waals surface area contributed by atoms with E-state index >= 15 is 0 Å². The lowest BCUT2D eigenvalue weighted by Crippen LogP contribution is -2.30. The number of aryl methyl sites for hydroxylation is 1. The molecule has 2 heterocycles. The van der Waals surface area contributed by atoms with E-state index in [1.807, 2.05) is 43.3 Å². The number of amides is 1. The number of thiophene rings is 1. The van der Waals surface area contributed by atoms with Crippen LogP contribution in [0.15, 0.2) is 83.9 Å². The molecular formula is C29H27ClN4O3S2. The number of carbonyl (C=O) groups is 1. The molecule has 0 aliphatic rings. The summed E-state index contributed by atoms with van der Waals surface area (Å²) >= 11 is 7.44. The molecule has 39 heavy (non-hydrogen) atoms. The van der Waals surface area contributed by atoms with Crippen molar-refractivity contribution in [1.82, 2.24) is 10.3 Å². The number of nitrogens with one attached hydrogen (secondary N) is 2. The van der Waals surface area contributed by atoms with Gasteiger partial charge in [-0.2, -0.15) is 0 Å². The molecule has 1 amide bonds. The van der Waals surface area contributed by atoms with Gasteiger partial charge in [-0.3, -0.25) is 14.1 Å². The Hall–Kier alpha value is -3.66. The SMILES string of the molecule is CCN(c1ccc2sc(C(=O)NCCNc3ccnc4cc(Cl)ccc34)cc2c1)S(=O)(=O)c1ccc(C)cc1. The summed E-state index contributed by atoms with van der Waals surface area (Å²) in [5.41, 5.74) is 3.27. The van der Waals surface area contributed by atoms with Crippen LogP contribution < -0.4 is 14.9 Å². The van der Waals surface area contributed by atoms with E-state index in [1.165, 1.54) is 15.6 Å². The van der Waals surface area contributed by atoms with Crippen LogP contribution in [0.25, 0.3) is 21.0 Å². The first kappa shape index (κ1) is 26.9. The summed E-state index contributed by atoms with van der Waals surface area (Å²) < 4.78 is 28.9. The number of hydrogen-bond acceptors (Lipinski definition) is 6. The zero-order valence-corrected chi connectivity index (χ0v) is 23.8. The lowest BCUT2D eigenvalue weighted by atomic mass is 10.2. The fourth-order valence-corrected chi connectivity index (χ4v) is 6.95. The van der Waals surface area contributed by atoms with Gasteiger partial charge < -0.3 is 10.6 Å². The Morgan fingerprint density at radius 2 is 1.79 bits per heavy atom. The lowest BCUT2D eigenvalue weighted by Gasteiger charge is -2.23. The molecule has 0 saturated heterocycles. The zero-order valence-electron chi connectivity index (χ0n) is 21.4. The Balaban J connectivity index is 1.26. The quantitative estimate of drug-likeness (QED) is 0.196. The van der Waals surface area contributed by atoms with E-state index in [2.05, 4.69) is 15.6 Å². The van der Waals surface area contributed by atoms with Gasteiger partial charge in [0.15, 0.2) is 0 Å². The first-order valence-electron chi connectivity index (χ1n) is 12.5. The van der Waals surface area contributed by atoms with Gasteiger partial charge in [0.2, 0.25) is 0 Å². The van der Waals surface area contributed by atoms with Gasteiger partial charge in [-0.15, -0.1) is 11.3 Å². The number of fused-ring (bicyclic) bond motifs is 2. The number of hydrogen-bond donors (Lipinski definition) is 2. The van der Waals surface area contributed by atoms with Crippen LogP contribution in [0.2, 0.25) is 5.02 Å². The molecular weight excluding hydrogens is 552 g/mol. The fraction of sp³-hybridized carbons (Fsp3) is 0.172. The van der Waals surface area contributed by atoms with E-state index < -0.39 is 10.0 Å². The third-order valence-corrected chi connectivity index (χ3v) is 9.61. The number of carbonyl (C=O) groups excluding carboxylic acids is 1. The summed E-state index contributed by atoms with van der Waals surface area (Å²) in [7, 11) is -3.71. The van der Waals surface area contributed by atoms with Crippen LogP contribution in [0.3, 0.4) is 0 Å². The Kier molecular flexibility index (Phi) is 7.74. The second kappa shape index (κ2) is 11.2. The number of benzene rings is 3. The monoisotopic (exact) mass is 578 g/mol. The van der Waals surface area contributed by atoms with Gasteiger partial charge >= 0.3 is 0 Å². The van der Waals surface area contributed by atoms with Crippen molar-refractivity contribution in [2.45, 2.75) is 18.7 Å². The summed E-state index contributed by atoms with van der Waals surface area (Å²) in [6.45, 7) is 4.97. The average Bonchev–Trinajstić information content (AvgIpc) is 3.35. The van der Waals surface area contributed by atoms with E-state index in [0.29, 0.717) is 28.7 Å². The molecule has 0 fully saturated rings. The predicted octanol–water partition coefficient (Wildman–Crippen LogP) is 6.47. The van der Waals surface area contributed by atoms with Crippen molar-refractivity contribution in [3.05, 3.63) is 94.5 Å². The lowest BCUT2D eigenvalue weighted by molar-refractivity contribution is 0.0959. The number of pyridine rings is 1. The topological polar surface area (TPSA) is 91.4 Å². The van der Waals surface area contributed by atoms with Crippen LogP contribution in [0, 0.1) is 6.92 Å². The van der Waals surface area contributed by atoms with Crippen LogP contribution in [0.5, 0.6) is 0 Å². The highest BCUT2D eigenvalue weighted by molar-refractivity contribution is 7.92. The maximum atomic E-state index is 13.3. The minimum absolute atomic E-state index is 0.175. The van der Waals surface area contributed by atoms with Gasteiger partial charge in [0.25, 0.3) is 15.9 Å². The van der Waals surface area contributed by atoms with Crippen LogP contribution in [-0.2, 0) is 10.0 Å². The van der Waals surface area contributed by atoms with E-state index in [4.69, 9.17) is 11.6 Å². The number of aromatic nitrogens is 1. The molecule has 0 aliphatic carbocycles. The van der Waals surface area contributed by atoms with Gasteiger partial charge in [0.1, 0.15) is 0 Å². The molecule has 2 aromatic heterocycles. The Labute approximate surface area is 236 Å². The first-order valence-corrected chi connectivity index (χ1v) is 15.1. The molecule has 0 spiro atoms. The number of rotatable bonds is 9. The summed E-state index contributed by atoms with van der Waals surface area (Å²) in [4.78, 5) is 18.0. The van der Waals surface area contributed by atoms with Gasteiger partial charge in [0.05, 0.1) is 21.0 Å². The highest BCUT2D eigenvalue weighted by Gasteiger charge is 2.24. The summed E-state index contributed by atoms with van der Waals surface area (Å²) in [6, 6.07) is 21.5. The van der Waals surface area contributed by atoms with Crippen LogP contribution in [0.4, 0.5) is 11.4 Å². The average molecular weight is 579 g/mol. The highest BCUT2D eigenvalue weighted by atomic mass is 35.5. The van der Waals surface area contributed by atoms with Crippen molar-refractivity contribution in [2.24, 2.45) is 0 Å². The molecule has 0 bridgehead atoms. The van der Waals surface area contributed by atoms with Crippen LogP contribution in [-0.4, -0.2) is 38.9 Å². The van der Waals surface area contributed by atoms with Crippen molar-refractivity contribution in [3.63, 3.8) is 0 Å². The minimum atomic E-state index is -3.71. The van der Waals surface area contributed by atoms with Crippen LogP contribution >= 0.6 is 22.9 Å². The van der Waals surface area contributed by atoms with Crippen molar-refractivity contribution < 1.29 is 13.2 Å². The molecule has 7 nitrogen and oxygen atoms in total. The molecule has 0 saturated carbocycles. The van der Waals surface area contributed by atoms with Gasteiger partial charge in [0, 0.05) is 46.6 Å². The summed E-state index contributed by atoms with van der Waals surface area (Å²) in [5, 5.41) is 8.70. The number of sulfonamides is 1. The van der Waals surface area contributed by atoms with E-state index in [-0.39, 0.29) is 17.3 Å². The Bertz CT molecular complexity index is 1770. The molecule has 3 aromatic carbocycles. The molecule has 0 radical (unpaired) electrons. The molecule has 5 rings (SSSR count). The summed E-state index contributed by atoms with van der Waals surface area (Å²) in [6.07, 6.45) is 1.72. The maximum absolute atomic E-state index is 13.3. The minimum Gasteiger partial charge on any atom is -0.383 e. The Morgan fingerprint density at radius 3 is 2.56 bits per heavy atom. The molecule has 200 valence electrons. The Morgan fingerprint density at radius 1 is 1.00 bits per heavy atom. The number of halogens is 1. The van der Waals surface area contributed by atoms with Gasteiger partial charge in [-0.05, 0) is 79.9 Å². The highest BCUT2D eigenvalue weighted by Crippen LogP contribution is 2.32. The number of anilines is 2. The molecule has 0 unspecified atom stereocenters. The molecule has 0 atom stereocenters. The van der Waals surface area contributed by atoms with Gasteiger partial charge in [-0.1, -0.05) is 29.3 Å². The molecule has 0 aliphatic heterocycles. The largest absolute Gasteiger partial charge is 0.383 e. The van der Waals surface area contributed by atoms with E-state index in [0.717, 1.165) is 32.2 Å². The van der Waals surface area contributed by atoms with E-state index in [1.54, 1.807) is 49.5 Å². The molecule has 10 heteroatoms. The van der Waals surface area contributed by atoms with Crippen molar-refractivity contribution in [2.75, 3.05) is 29.3 Å². The van der Waals surface area contributed by atoms with Gasteiger partial charge in [-0.25, -0.2) is 8.42 Å². The second-order valence-electron chi connectivity index (χ2n) is 9.02. The zero-order chi connectivity index (χ0) is 27.6. The van der Waals surface area contributed by atoms with Crippen molar-refractivity contribution in [1.29, 1.82) is 0 Å². The van der Waals surface area contributed by atoms with Crippen LogP contribution in [0.1, 0.15) is 22.2 Å². The molecule has 5 aromatic rings.